The molecule has 0 bridgehead atoms. The zero-order valence-corrected chi connectivity index (χ0v) is 14.1. The van der Waals surface area contributed by atoms with Crippen LogP contribution in [0.4, 0.5) is 0 Å². The molecular weight excluding hydrogens is 368 g/mol. The van der Waals surface area contributed by atoms with Gasteiger partial charge in [0.1, 0.15) is 0 Å². The first-order valence-electron chi connectivity index (χ1n) is 6.13. The molecule has 2 rings (SSSR count). The molecule has 0 saturated heterocycles. The smallest absolute Gasteiger partial charge is 0.0410 e. The maximum atomic E-state index is 4.21. The Morgan fingerprint density at radius 1 is 1.21 bits per heavy atom. The van der Waals surface area contributed by atoms with Gasteiger partial charge in [-0.3, -0.25) is 4.98 Å². The van der Waals surface area contributed by atoms with E-state index in [0.717, 1.165) is 15.4 Å². The molecular formula is C15H16Br2N2. The summed E-state index contributed by atoms with van der Waals surface area (Å²) in [6, 6.07) is 8.89. The highest BCUT2D eigenvalue weighted by molar-refractivity contribution is 9.10. The number of likely N-dealkylation sites (N-methyl/N-ethyl adjacent to an activating group) is 1. The molecule has 0 aliphatic rings. The second-order valence-corrected chi connectivity index (χ2v) is 6.34. The van der Waals surface area contributed by atoms with Crippen LogP contribution in [0.5, 0.6) is 0 Å². The highest BCUT2D eigenvalue weighted by Crippen LogP contribution is 2.24. The SMILES string of the molecule is CNC(Cc1cncc(Br)c1)c1ccc(Br)c(C)c1. The Labute approximate surface area is 130 Å². The van der Waals surface area contributed by atoms with E-state index in [-0.39, 0.29) is 0 Å². The van der Waals surface area contributed by atoms with Crippen LogP contribution in [-0.2, 0) is 6.42 Å². The molecule has 2 nitrogen and oxygen atoms in total. The highest BCUT2D eigenvalue weighted by atomic mass is 79.9. The highest BCUT2D eigenvalue weighted by Gasteiger charge is 2.11. The second kappa shape index (κ2) is 6.64. The molecule has 4 heteroatoms. The standard InChI is InChI=1S/C15H16Br2N2/c1-10-5-12(3-4-14(10)17)15(18-2)7-11-6-13(16)9-19-8-11/h3-6,8-9,15,18H,7H2,1-2H3. The lowest BCUT2D eigenvalue weighted by Gasteiger charge is -2.17. The summed E-state index contributed by atoms with van der Waals surface area (Å²) in [6.07, 6.45) is 4.65. The zero-order chi connectivity index (χ0) is 13.8. The Bertz CT molecular complexity index is 570. The average Bonchev–Trinajstić information content (AvgIpc) is 2.39. The van der Waals surface area contributed by atoms with Gasteiger partial charge in [0.05, 0.1) is 0 Å². The molecule has 0 spiro atoms. The number of pyridine rings is 1. The quantitative estimate of drug-likeness (QED) is 0.845. The van der Waals surface area contributed by atoms with Crippen LogP contribution in [0, 0.1) is 6.92 Å². The minimum absolute atomic E-state index is 0.294. The third kappa shape index (κ3) is 3.88. The Hall–Kier alpha value is -0.710. The van der Waals surface area contributed by atoms with Crippen molar-refractivity contribution in [3.8, 4) is 0 Å². The summed E-state index contributed by atoms with van der Waals surface area (Å²) in [6.45, 7) is 2.11. The molecule has 1 atom stereocenters. The van der Waals surface area contributed by atoms with Crippen LogP contribution in [0.1, 0.15) is 22.7 Å². The zero-order valence-electron chi connectivity index (χ0n) is 11.0. The van der Waals surface area contributed by atoms with Crippen LogP contribution in [0.3, 0.4) is 0 Å². The van der Waals surface area contributed by atoms with Crippen LogP contribution >= 0.6 is 31.9 Å². The number of benzene rings is 1. The number of nitrogens with zero attached hydrogens (tertiary/aromatic N) is 1. The molecule has 0 aliphatic heterocycles. The van der Waals surface area contributed by atoms with E-state index in [1.54, 1.807) is 0 Å². The average molecular weight is 384 g/mol. The van der Waals surface area contributed by atoms with E-state index in [1.165, 1.54) is 16.7 Å². The van der Waals surface area contributed by atoms with Crippen LogP contribution in [0.2, 0.25) is 0 Å². The molecule has 0 fully saturated rings. The third-order valence-electron chi connectivity index (χ3n) is 3.13. The maximum Gasteiger partial charge on any atom is 0.0410 e. The van der Waals surface area contributed by atoms with Gasteiger partial charge in [0.15, 0.2) is 0 Å². The fraction of sp³-hybridized carbons (Fsp3) is 0.267. The van der Waals surface area contributed by atoms with Crippen molar-refractivity contribution >= 4 is 31.9 Å². The van der Waals surface area contributed by atoms with E-state index in [9.17, 15) is 0 Å². The van der Waals surface area contributed by atoms with Gasteiger partial charge >= 0.3 is 0 Å². The summed E-state index contributed by atoms with van der Waals surface area (Å²) in [7, 11) is 1.99. The van der Waals surface area contributed by atoms with Crippen LogP contribution < -0.4 is 5.32 Å². The van der Waals surface area contributed by atoms with Gasteiger partial charge in [-0.15, -0.1) is 0 Å². The van der Waals surface area contributed by atoms with Crippen LogP contribution in [0.15, 0.2) is 45.6 Å². The number of aryl methyl sites for hydroxylation is 1. The lowest BCUT2D eigenvalue weighted by molar-refractivity contribution is 0.590. The molecule has 0 radical (unpaired) electrons. The minimum Gasteiger partial charge on any atom is -0.313 e. The van der Waals surface area contributed by atoms with Gasteiger partial charge in [-0.25, -0.2) is 0 Å². The number of hydrogen-bond donors (Lipinski definition) is 1. The van der Waals surface area contributed by atoms with Crippen molar-refractivity contribution < 1.29 is 0 Å². The van der Waals surface area contributed by atoms with Crippen molar-refractivity contribution in [3.05, 3.63) is 62.3 Å². The van der Waals surface area contributed by atoms with Gasteiger partial charge in [0, 0.05) is 27.4 Å². The molecule has 1 unspecified atom stereocenters. The van der Waals surface area contributed by atoms with Gasteiger partial charge < -0.3 is 5.32 Å². The van der Waals surface area contributed by atoms with E-state index in [4.69, 9.17) is 0 Å². The summed E-state index contributed by atoms with van der Waals surface area (Å²) in [4.78, 5) is 4.21. The fourth-order valence-corrected chi connectivity index (χ4v) is 2.73. The third-order valence-corrected chi connectivity index (χ3v) is 4.46. The Balaban J connectivity index is 2.22. The molecule has 0 amide bonds. The molecule has 19 heavy (non-hydrogen) atoms. The molecule has 100 valence electrons. The van der Waals surface area contributed by atoms with Gasteiger partial charge in [-0.1, -0.05) is 28.1 Å². The predicted octanol–water partition coefficient (Wildman–Crippen LogP) is 4.42. The molecule has 1 aromatic heterocycles. The van der Waals surface area contributed by atoms with E-state index >= 15 is 0 Å². The Morgan fingerprint density at radius 3 is 2.63 bits per heavy atom. The monoisotopic (exact) mass is 382 g/mol. The van der Waals surface area contributed by atoms with Gasteiger partial charge in [0.2, 0.25) is 0 Å². The summed E-state index contributed by atoms with van der Waals surface area (Å²) in [5.41, 5.74) is 3.77. The largest absolute Gasteiger partial charge is 0.313 e. The van der Waals surface area contributed by atoms with E-state index in [2.05, 4.69) is 73.3 Å². The molecule has 0 saturated carbocycles. The van der Waals surface area contributed by atoms with Crippen LogP contribution in [-0.4, -0.2) is 12.0 Å². The molecule has 0 aliphatic carbocycles. The van der Waals surface area contributed by atoms with Crippen molar-refractivity contribution in [2.75, 3.05) is 7.05 Å². The maximum absolute atomic E-state index is 4.21. The summed E-state index contributed by atoms with van der Waals surface area (Å²) < 4.78 is 2.17. The molecule has 1 aromatic carbocycles. The van der Waals surface area contributed by atoms with E-state index in [1.807, 2.05) is 19.4 Å². The lowest BCUT2D eigenvalue weighted by Crippen LogP contribution is -2.19. The van der Waals surface area contributed by atoms with Gasteiger partial charge in [-0.2, -0.15) is 0 Å². The number of rotatable bonds is 4. The Morgan fingerprint density at radius 2 is 2.00 bits per heavy atom. The molecule has 1 heterocycles. The topological polar surface area (TPSA) is 24.9 Å². The first kappa shape index (κ1) is 14.7. The van der Waals surface area contributed by atoms with Gasteiger partial charge in [0.25, 0.3) is 0 Å². The fourth-order valence-electron chi connectivity index (χ4n) is 2.07. The van der Waals surface area contributed by atoms with E-state index in [0.29, 0.717) is 6.04 Å². The van der Waals surface area contributed by atoms with Crippen molar-refractivity contribution in [1.82, 2.24) is 10.3 Å². The minimum atomic E-state index is 0.294. The normalized spacial score (nSPS) is 12.4. The second-order valence-electron chi connectivity index (χ2n) is 4.57. The first-order valence-corrected chi connectivity index (χ1v) is 7.71. The first-order chi connectivity index (χ1) is 9.10. The van der Waals surface area contributed by atoms with E-state index < -0.39 is 0 Å². The molecule has 2 aromatic rings. The number of hydrogen-bond acceptors (Lipinski definition) is 2. The summed E-state index contributed by atoms with van der Waals surface area (Å²) >= 11 is 7.00. The van der Waals surface area contributed by atoms with Crippen LogP contribution in [0.25, 0.3) is 0 Å². The Kier molecular flexibility index (Phi) is 5.13. The van der Waals surface area contributed by atoms with Crippen molar-refractivity contribution in [1.29, 1.82) is 0 Å². The number of nitrogens with one attached hydrogen (secondary N) is 1. The summed E-state index contributed by atoms with van der Waals surface area (Å²) in [5, 5.41) is 3.37. The lowest BCUT2D eigenvalue weighted by atomic mass is 9.98. The number of halogens is 2. The van der Waals surface area contributed by atoms with Crippen molar-refractivity contribution in [3.63, 3.8) is 0 Å². The van der Waals surface area contributed by atoms with Crippen molar-refractivity contribution in [2.45, 2.75) is 19.4 Å². The number of aromatic nitrogens is 1. The van der Waals surface area contributed by atoms with Crippen molar-refractivity contribution in [2.24, 2.45) is 0 Å². The summed E-state index contributed by atoms with van der Waals surface area (Å²) in [5.74, 6) is 0. The molecule has 1 N–H and O–H groups in total. The van der Waals surface area contributed by atoms with Gasteiger partial charge in [-0.05, 0) is 65.1 Å². The predicted molar refractivity (Wildman–Crippen MR) is 86.3 cm³/mol.